The van der Waals surface area contributed by atoms with E-state index in [0.717, 1.165) is 32.6 Å². The van der Waals surface area contributed by atoms with Crippen LogP contribution >= 0.6 is 11.6 Å². The molecule has 4 unspecified atom stereocenters. The maximum absolute atomic E-state index is 13.1. The van der Waals surface area contributed by atoms with E-state index in [4.69, 9.17) is 36.7 Å². The number of aliphatic carboxylic acids is 1. The Bertz CT molecular complexity index is 1930. The Morgan fingerprint density at radius 3 is 2.62 bits per heavy atom. The topological polar surface area (TPSA) is 197 Å². The number of carbonyl (C=O) groups excluding carboxylic acids is 3. The maximum Gasteiger partial charge on any atom is 0.409 e. The van der Waals surface area contributed by atoms with Gasteiger partial charge in [0.25, 0.3) is 0 Å². The standard InChI is InChI=1S/C26H33ClN2O6.C10H10N2.C5H9NO3/c1-15-7-5-6-8-26(32)14-18(34-25(31)28-26)13-21-24(35-21)16(2)10-22(30)29(3)19-11-17(9-15)12-20(33-4)23(19)27;1-7-4-5-9(11)8-3-2-6-12-10(7)8;1-4(5(8)9)6(2)3-7/h5-7,11-12,16,18,21,24,32H,8-10,13-14H2,1-4H3,(H,28,31);2-6H,11H2,1H3;3-4H,1-2H3,(H,8,9)/b6-5+,15-7+;;/t16?,18?,21?,24?,26-;;4-/m1.0/s1. The number of nitrogens with two attached hydrogens (primary N) is 1. The molecule has 0 saturated carbocycles. The van der Waals surface area contributed by atoms with Crippen LogP contribution in [-0.2, 0) is 30.3 Å². The highest BCUT2D eigenvalue weighted by molar-refractivity contribution is 6.35. The number of amides is 3. The van der Waals surface area contributed by atoms with Gasteiger partial charge in [0.05, 0.1) is 30.5 Å². The number of carbonyl (C=O) groups is 4. The SMILES string of the molecule is COc1cc2cc(c1Cl)N(C)C(=O)CC(C)C1OC1CC1C[C@](O)(C/C=C/C=C(\C)C2)NC(=O)O1.C[C@@H](C(=O)O)N(C)C=O.Cc1ccc(N)c2cccnc12. The molecule has 3 aliphatic heterocycles. The number of allylic oxidation sites excluding steroid dienone is 3. The zero-order chi connectivity index (χ0) is 41.3. The van der Waals surface area contributed by atoms with Crippen molar-refractivity contribution < 1.29 is 43.6 Å². The molecule has 2 fully saturated rings. The second-order valence-electron chi connectivity index (χ2n) is 14.5. The van der Waals surface area contributed by atoms with E-state index in [1.54, 1.807) is 25.3 Å². The number of hydrogen-bond donors (Lipinski definition) is 4. The largest absolute Gasteiger partial charge is 0.495 e. The number of pyridine rings is 1. The molecule has 4 bridgehead atoms. The van der Waals surface area contributed by atoms with Crippen molar-refractivity contribution in [2.75, 3.05) is 31.8 Å². The number of rotatable bonds is 4. The molecule has 56 heavy (non-hydrogen) atoms. The number of carboxylic acids is 1. The van der Waals surface area contributed by atoms with Crippen LogP contribution in [0.1, 0.15) is 57.6 Å². The van der Waals surface area contributed by atoms with E-state index in [1.807, 2.05) is 75.4 Å². The molecule has 3 aliphatic rings. The van der Waals surface area contributed by atoms with Gasteiger partial charge in [0.15, 0.2) is 0 Å². The quantitative estimate of drug-likeness (QED) is 0.141. The molecule has 0 spiro atoms. The van der Waals surface area contributed by atoms with Gasteiger partial charge in [-0.1, -0.05) is 48.4 Å². The van der Waals surface area contributed by atoms with Crippen molar-refractivity contribution in [3.05, 3.63) is 82.5 Å². The van der Waals surface area contributed by atoms with Gasteiger partial charge in [-0.3, -0.25) is 19.9 Å². The van der Waals surface area contributed by atoms with Gasteiger partial charge in [0.1, 0.15) is 28.6 Å². The van der Waals surface area contributed by atoms with Crippen molar-refractivity contribution in [2.24, 2.45) is 5.92 Å². The van der Waals surface area contributed by atoms with Crippen LogP contribution in [0, 0.1) is 12.8 Å². The number of anilines is 2. The number of methoxy groups -OCH3 is 1. The second kappa shape index (κ2) is 19.1. The van der Waals surface area contributed by atoms with Crippen LogP contribution in [-0.4, -0.2) is 95.8 Å². The molecule has 2 saturated heterocycles. The molecule has 5 N–H and O–H groups in total. The molecule has 0 radical (unpaired) electrons. The molecule has 1 aromatic heterocycles. The van der Waals surface area contributed by atoms with E-state index < -0.39 is 29.9 Å². The Morgan fingerprint density at radius 1 is 1.25 bits per heavy atom. The Balaban J connectivity index is 0.000000268. The van der Waals surface area contributed by atoms with E-state index in [0.29, 0.717) is 35.7 Å². The molecular weight excluding hydrogens is 742 g/mol. The summed E-state index contributed by atoms with van der Waals surface area (Å²) in [6.45, 7) is 7.45. The summed E-state index contributed by atoms with van der Waals surface area (Å²) in [7, 11) is 4.69. The zero-order valence-corrected chi connectivity index (χ0v) is 33.6. The third-order valence-corrected chi connectivity index (χ3v) is 10.4. The molecule has 2 aromatic carbocycles. The molecule has 3 aromatic rings. The molecule has 15 heteroatoms. The number of alkyl carbamates (subject to hydrolysis) is 1. The summed E-state index contributed by atoms with van der Waals surface area (Å²) in [6.07, 6.45) is 8.48. The molecule has 6 rings (SSSR count). The molecule has 4 heterocycles. The lowest BCUT2D eigenvalue weighted by molar-refractivity contribution is -0.144. The van der Waals surface area contributed by atoms with Crippen molar-refractivity contribution in [2.45, 2.75) is 89.9 Å². The minimum absolute atomic E-state index is 0.0368. The van der Waals surface area contributed by atoms with Gasteiger partial charge in [-0.25, -0.2) is 9.59 Å². The monoisotopic (exact) mass is 793 g/mol. The normalized spacial score (nSPS) is 25.5. The zero-order valence-electron chi connectivity index (χ0n) is 32.8. The first-order valence-electron chi connectivity index (χ1n) is 18.3. The molecule has 302 valence electrons. The number of aliphatic hydroxyl groups is 1. The lowest BCUT2D eigenvalue weighted by atomic mass is 9.93. The summed E-state index contributed by atoms with van der Waals surface area (Å²) in [6, 6.07) is 10.9. The number of fused-ring (bicyclic) bond motifs is 6. The Labute approximate surface area is 332 Å². The van der Waals surface area contributed by atoms with Crippen LogP contribution in [0.4, 0.5) is 16.2 Å². The number of aryl methyl sites for hydroxylation is 1. The van der Waals surface area contributed by atoms with Gasteiger partial charge < -0.3 is 40.0 Å². The number of carboxylic acid groups (broad SMARTS) is 1. The number of epoxide rings is 1. The van der Waals surface area contributed by atoms with Gasteiger partial charge in [0.2, 0.25) is 12.3 Å². The Kier molecular flexibility index (Phi) is 14.9. The summed E-state index contributed by atoms with van der Waals surface area (Å²) in [5.74, 6) is -0.601. The number of likely N-dealkylation sites (N-methyl/N-ethyl adjacent to an activating group) is 1. The average Bonchev–Trinajstić information content (AvgIpc) is 3.93. The summed E-state index contributed by atoms with van der Waals surface area (Å²) >= 11 is 6.58. The van der Waals surface area contributed by atoms with E-state index in [1.165, 1.54) is 19.5 Å². The first-order chi connectivity index (χ1) is 26.5. The smallest absolute Gasteiger partial charge is 0.409 e. The van der Waals surface area contributed by atoms with Crippen LogP contribution in [0.15, 0.2) is 66.4 Å². The number of halogens is 1. The minimum Gasteiger partial charge on any atom is -0.495 e. The molecule has 14 nitrogen and oxygen atoms in total. The fourth-order valence-corrected chi connectivity index (χ4v) is 6.80. The highest BCUT2D eigenvalue weighted by Gasteiger charge is 2.48. The summed E-state index contributed by atoms with van der Waals surface area (Å²) in [5, 5.41) is 23.2. The van der Waals surface area contributed by atoms with Crippen molar-refractivity contribution >= 4 is 58.3 Å². The third kappa shape index (κ3) is 11.4. The van der Waals surface area contributed by atoms with Gasteiger partial charge >= 0.3 is 12.1 Å². The lowest BCUT2D eigenvalue weighted by Crippen LogP contribution is -2.56. The molecular formula is C41H52ClN5O9. The number of ether oxygens (including phenoxy) is 3. The average molecular weight is 794 g/mol. The van der Waals surface area contributed by atoms with Gasteiger partial charge in [-0.05, 0) is 74.6 Å². The number of hydrogen-bond acceptors (Lipinski definition) is 10. The minimum atomic E-state index is -1.38. The number of aromatic nitrogens is 1. The van der Waals surface area contributed by atoms with Crippen molar-refractivity contribution in [1.82, 2.24) is 15.2 Å². The lowest BCUT2D eigenvalue weighted by Gasteiger charge is -2.36. The predicted molar refractivity (Wildman–Crippen MR) is 214 cm³/mol. The Hall–Kier alpha value is -5.18. The fraction of sp³-hybridized carbons (Fsp3) is 0.439. The summed E-state index contributed by atoms with van der Waals surface area (Å²) in [4.78, 5) is 52.2. The van der Waals surface area contributed by atoms with E-state index in [2.05, 4.69) is 10.3 Å². The molecule has 0 aliphatic carbocycles. The van der Waals surface area contributed by atoms with Crippen LogP contribution in [0.2, 0.25) is 5.02 Å². The fourth-order valence-electron chi connectivity index (χ4n) is 6.49. The number of benzene rings is 2. The second-order valence-corrected chi connectivity index (χ2v) is 14.9. The van der Waals surface area contributed by atoms with E-state index >= 15 is 0 Å². The van der Waals surface area contributed by atoms with Crippen LogP contribution in [0.25, 0.3) is 10.9 Å². The third-order valence-electron chi connectivity index (χ3n) is 9.98. The maximum atomic E-state index is 13.1. The first-order valence-corrected chi connectivity index (χ1v) is 18.7. The first kappa shape index (κ1) is 43.5. The van der Waals surface area contributed by atoms with Crippen molar-refractivity contribution in [1.29, 1.82) is 0 Å². The van der Waals surface area contributed by atoms with E-state index in [-0.39, 0.29) is 43.3 Å². The Morgan fingerprint density at radius 2 is 1.98 bits per heavy atom. The number of nitrogen functional groups attached to an aromatic ring is 1. The summed E-state index contributed by atoms with van der Waals surface area (Å²) in [5.41, 5.74) is 9.98. The highest BCUT2D eigenvalue weighted by Crippen LogP contribution is 2.40. The van der Waals surface area contributed by atoms with Crippen LogP contribution in [0.5, 0.6) is 5.75 Å². The van der Waals surface area contributed by atoms with Gasteiger partial charge in [-0.15, -0.1) is 0 Å². The number of nitrogens with one attached hydrogen (secondary N) is 1. The van der Waals surface area contributed by atoms with Crippen molar-refractivity contribution in [3.63, 3.8) is 0 Å². The molecule has 3 amide bonds. The van der Waals surface area contributed by atoms with Crippen molar-refractivity contribution in [3.8, 4) is 5.75 Å². The van der Waals surface area contributed by atoms with E-state index in [9.17, 15) is 24.3 Å². The van der Waals surface area contributed by atoms with Gasteiger partial charge in [0, 0.05) is 57.0 Å². The molecule has 6 atom stereocenters. The number of nitrogens with zero attached hydrogens (tertiary/aromatic N) is 3. The van der Waals surface area contributed by atoms with Crippen LogP contribution in [0.3, 0.4) is 0 Å². The van der Waals surface area contributed by atoms with Crippen LogP contribution < -0.4 is 20.7 Å². The predicted octanol–water partition coefficient (Wildman–Crippen LogP) is 5.80. The highest BCUT2D eigenvalue weighted by atomic mass is 35.5. The summed E-state index contributed by atoms with van der Waals surface area (Å²) < 4.78 is 16.7. The van der Waals surface area contributed by atoms with Gasteiger partial charge in [-0.2, -0.15) is 0 Å².